The Morgan fingerprint density at radius 3 is 2.74 bits per heavy atom. The normalized spacial score (nSPS) is 25.4. The Bertz CT molecular complexity index is 472. The Balaban J connectivity index is 2.11. The summed E-state index contributed by atoms with van der Waals surface area (Å²) in [6.07, 6.45) is 3.06. The molecule has 1 N–H and O–H groups in total. The molecule has 0 amide bonds. The summed E-state index contributed by atoms with van der Waals surface area (Å²) in [4.78, 5) is 12.9. The zero-order chi connectivity index (χ0) is 14.0. The van der Waals surface area contributed by atoms with E-state index in [0.29, 0.717) is 6.04 Å². The van der Waals surface area contributed by atoms with Crippen LogP contribution in [0.15, 0.2) is 24.3 Å². The summed E-state index contributed by atoms with van der Waals surface area (Å²) in [5, 5.41) is 8.71. The van der Waals surface area contributed by atoms with Gasteiger partial charge in [-0.2, -0.15) is 0 Å². The van der Waals surface area contributed by atoms with Gasteiger partial charge in [-0.15, -0.1) is 0 Å². The number of fused-ring (bicyclic) bond motifs is 1. The third-order valence-corrected chi connectivity index (χ3v) is 4.74. The Morgan fingerprint density at radius 1 is 1.37 bits per heavy atom. The van der Waals surface area contributed by atoms with Gasteiger partial charge in [0.15, 0.2) is 0 Å². The second kappa shape index (κ2) is 5.24. The number of likely N-dealkylation sites (N-methyl/N-ethyl adjacent to an activating group) is 1. The summed E-state index contributed by atoms with van der Waals surface area (Å²) in [7, 11) is 2.14. The average Bonchev–Trinajstić information content (AvgIpc) is 2.58. The van der Waals surface area contributed by atoms with Crippen LogP contribution < -0.4 is 4.90 Å². The van der Waals surface area contributed by atoms with Crippen LogP contribution in [0.4, 0.5) is 5.69 Å². The summed E-state index contributed by atoms with van der Waals surface area (Å²) in [6.45, 7) is 4.57. The first-order valence-electron chi connectivity index (χ1n) is 7.01. The molecule has 0 radical (unpaired) electrons. The van der Waals surface area contributed by atoms with Crippen molar-refractivity contribution in [1.29, 1.82) is 0 Å². The van der Waals surface area contributed by atoms with Crippen LogP contribution in [-0.2, 0) is 10.2 Å². The number of benzene rings is 1. The van der Waals surface area contributed by atoms with Crippen LogP contribution in [-0.4, -0.2) is 24.2 Å². The van der Waals surface area contributed by atoms with Gasteiger partial charge in [0, 0.05) is 30.6 Å². The van der Waals surface area contributed by atoms with E-state index in [1.807, 2.05) is 0 Å². The Labute approximate surface area is 115 Å². The van der Waals surface area contributed by atoms with Crippen molar-refractivity contribution in [2.75, 3.05) is 11.9 Å². The van der Waals surface area contributed by atoms with Crippen molar-refractivity contribution in [1.82, 2.24) is 0 Å². The Hall–Kier alpha value is -1.51. The molecule has 1 heterocycles. The predicted octanol–water partition coefficient (Wildman–Crippen LogP) is 3.43. The molecule has 1 aliphatic heterocycles. The molecule has 1 aromatic carbocycles. The minimum atomic E-state index is -0.692. The smallest absolute Gasteiger partial charge is 0.303 e. The van der Waals surface area contributed by atoms with E-state index < -0.39 is 5.97 Å². The van der Waals surface area contributed by atoms with Crippen LogP contribution in [0, 0.1) is 0 Å². The molecule has 0 bridgehead atoms. The lowest BCUT2D eigenvalue weighted by molar-refractivity contribution is -0.137. The van der Waals surface area contributed by atoms with Gasteiger partial charge in [-0.05, 0) is 31.4 Å². The molecule has 0 fully saturated rings. The lowest BCUT2D eigenvalue weighted by Gasteiger charge is -2.32. The highest BCUT2D eigenvalue weighted by atomic mass is 16.4. The number of aliphatic carboxylic acids is 1. The van der Waals surface area contributed by atoms with Crippen molar-refractivity contribution < 1.29 is 9.90 Å². The van der Waals surface area contributed by atoms with Gasteiger partial charge in [-0.1, -0.05) is 31.5 Å². The maximum absolute atomic E-state index is 10.6. The van der Waals surface area contributed by atoms with Gasteiger partial charge in [0.05, 0.1) is 0 Å². The van der Waals surface area contributed by atoms with E-state index in [2.05, 4.69) is 50.1 Å². The van der Waals surface area contributed by atoms with Crippen molar-refractivity contribution in [3.05, 3.63) is 29.8 Å². The summed E-state index contributed by atoms with van der Waals surface area (Å²) < 4.78 is 0. The lowest BCUT2D eigenvalue weighted by atomic mass is 9.75. The molecule has 0 saturated heterocycles. The van der Waals surface area contributed by atoms with Gasteiger partial charge in [0.2, 0.25) is 0 Å². The second-order valence-electron chi connectivity index (χ2n) is 5.82. The van der Waals surface area contributed by atoms with E-state index in [9.17, 15) is 4.79 Å². The second-order valence-corrected chi connectivity index (χ2v) is 5.82. The van der Waals surface area contributed by atoms with Gasteiger partial charge in [-0.25, -0.2) is 0 Å². The third kappa shape index (κ3) is 2.46. The number of anilines is 1. The number of carbonyl (C=O) groups is 1. The van der Waals surface area contributed by atoms with Crippen molar-refractivity contribution in [2.45, 2.75) is 51.0 Å². The molecule has 2 rings (SSSR count). The summed E-state index contributed by atoms with van der Waals surface area (Å²) in [6, 6.07) is 9.02. The van der Waals surface area contributed by atoms with Crippen LogP contribution in [0.3, 0.4) is 0 Å². The fourth-order valence-corrected chi connectivity index (χ4v) is 3.24. The monoisotopic (exact) mass is 261 g/mol. The van der Waals surface area contributed by atoms with E-state index in [0.717, 1.165) is 19.3 Å². The molecule has 3 nitrogen and oxygen atoms in total. The molecule has 1 aliphatic rings. The third-order valence-electron chi connectivity index (χ3n) is 4.74. The molecule has 2 unspecified atom stereocenters. The first-order chi connectivity index (χ1) is 8.97. The largest absolute Gasteiger partial charge is 0.481 e. The van der Waals surface area contributed by atoms with Crippen molar-refractivity contribution >= 4 is 11.7 Å². The molecule has 0 aliphatic carbocycles. The van der Waals surface area contributed by atoms with E-state index in [-0.39, 0.29) is 11.8 Å². The van der Waals surface area contributed by atoms with Crippen LogP contribution in [0.25, 0.3) is 0 Å². The highest BCUT2D eigenvalue weighted by Gasteiger charge is 2.42. The number of hydrogen-bond donors (Lipinski definition) is 1. The van der Waals surface area contributed by atoms with Crippen LogP contribution >= 0.6 is 0 Å². The molecule has 0 aromatic heterocycles. The standard InChI is InChI=1S/C16H23NO2/c1-12-16(2,11-7-6-10-15(18)19)13-8-4-5-9-14(13)17(12)3/h4-5,8-9,12H,6-7,10-11H2,1-3H3,(H,18,19). The highest BCUT2D eigenvalue weighted by Crippen LogP contribution is 2.47. The maximum Gasteiger partial charge on any atom is 0.303 e. The minimum absolute atomic E-state index is 0.129. The van der Waals surface area contributed by atoms with Crippen molar-refractivity contribution in [3.63, 3.8) is 0 Å². The van der Waals surface area contributed by atoms with Crippen molar-refractivity contribution in [2.24, 2.45) is 0 Å². The summed E-state index contributed by atoms with van der Waals surface area (Å²) in [5.41, 5.74) is 2.85. The first kappa shape index (κ1) is 13.9. The minimum Gasteiger partial charge on any atom is -0.481 e. The van der Waals surface area contributed by atoms with E-state index in [4.69, 9.17) is 5.11 Å². The summed E-state index contributed by atoms with van der Waals surface area (Å²) in [5.74, 6) is -0.692. The molecule has 1 aromatic rings. The highest BCUT2D eigenvalue weighted by molar-refractivity contribution is 5.66. The molecule has 0 saturated carbocycles. The van der Waals surface area contributed by atoms with Crippen LogP contribution in [0.1, 0.15) is 45.1 Å². The fourth-order valence-electron chi connectivity index (χ4n) is 3.24. The van der Waals surface area contributed by atoms with Crippen LogP contribution in [0.5, 0.6) is 0 Å². The van der Waals surface area contributed by atoms with Gasteiger partial charge in [-0.3, -0.25) is 4.79 Å². The molecule has 0 spiro atoms. The zero-order valence-electron chi connectivity index (χ0n) is 12.0. The lowest BCUT2D eigenvalue weighted by Crippen LogP contribution is -2.38. The first-order valence-corrected chi connectivity index (χ1v) is 7.01. The van der Waals surface area contributed by atoms with Gasteiger partial charge < -0.3 is 10.0 Å². The maximum atomic E-state index is 10.6. The topological polar surface area (TPSA) is 40.5 Å². The number of rotatable bonds is 5. The number of carboxylic acids is 1. The predicted molar refractivity (Wildman–Crippen MR) is 77.8 cm³/mol. The number of carboxylic acid groups (broad SMARTS) is 1. The zero-order valence-corrected chi connectivity index (χ0v) is 12.0. The molecular weight excluding hydrogens is 238 g/mol. The fraction of sp³-hybridized carbons (Fsp3) is 0.562. The number of para-hydroxylation sites is 1. The molecule has 2 atom stereocenters. The molecule has 104 valence electrons. The number of hydrogen-bond acceptors (Lipinski definition) is 2. The van der Waals surface area contributed by atoms with Gasteiger partial charge >= 0.3 is 5.97 Å². The van der Waals surface area contributed by atoms with E-state index >= 15 is 0 Å². The average molecular weight is 261 g/mol. The SMILES string of the molecule is CC1N(C)c2ccccc2C1(C)CCCCC(=O)O. The quantitative estimate of drug-likeness (QED) is 0.826. The number of unbranched alkanes of at least 4 members (excludes halogenated alkanes) is 1. The molecular formula is C16H23NO2. The van der Waals surface area contributed by atoms with Gasteiger partial charge in [0.25, 0.3) is 0 Å². The van der Waals surface area contributed by atoms with E-state index in [1.54, 1.807) is 0 Å². The van der Waals surface area contributed by atoms with Crippen molar-refractivity contribution in [3.8, 4) is 0 Å². The van der Waals surface area contributed by atoms with Crippen LogP contribution in [0.2, 0.25) is 0 Å². The Kier molecular flexibility index (Phi) is 3.83. The van der Waals surface area contributed by atoms with E-state index in [1.165, 1.54) is 11.3 Å². The molecule has 3 heteroatoms. The number of nitrogens with zero attached hydrogens (tertiary/aromatic N) is 1. The molecule has 19 heavy (non-hydrogen) atoms. The van der Waals surface area contributed by atoms with Gasteiger partial charge in [0.1, 0.15) is 0 Å². The summed E-state index contributed by atoms with van der Waals surface area (Å²) >= 11 is 0. The Morgan fingerprint density at radius 2 is 2.05 bits per heavy atom.